The zero-order valence-corrected chi connectivity index (χ0v) is 9.74. The summed E-state index contributed by atoms with van der Waals surface area (Å²) in [4.78, 5) is 0. The van der Waals surface area contributed by atoms with Gasteiger partial charge in [-0.15, -0.1) is 5.10 Å². The summed E-state index contributed by atoms with van der Waals surface area (Å²) in [6.45, 7) is 0. The van der Waals surface area contributed by atoms with Gasteiger partial charge in [0.15, 0.2) is 0 Å². The Kier molecular flexibility index (Phi) is 3.64. The van der Waals surface area contributed by atoms with Crippen molar-refractivity contribution in [1.82, 2.24) is 9.59 Å². The Morgan fingerprint density at radius 1 is 1.43 bits per heavy atom. The van der Waals surface area contributed by atoms with Crippen LogP contribution in [0.3, 0.4) is 0 Å². The van der Waals surface area contributed by atoms with Crippen molar-refractivity contribution in [2.24, 2.45) is 5.92 Å². The zero-order chi connectivity index (χ0) is 9.80. The Balaban J connectivity index is 1.70. The van der Waals surface area contributed by atoms with E-state index in [4.69, 9.17) is 5.73 Å². The fourth-order valence-corrected chi connectivity index (χ4v) is 3.54. The van der Waals surface area contributed by atoms with Crippen LogP contribution in [-0.2, 0) is 5.75 Å². The molecule has 1 aliphatic rings. The van der Waals surface area contributed by atoms with Crippen molar-refractivity contribution in [2.45, 2.75) is 31.4 Å². The number of nitrogen functional groups attached to an aromatic ring is 1. The van der Waals surface area contributed by atoms with Gasteiger partial charge in [-0.25, -0.2) is 0 Å². The summed E-state index contributed by atoms with van der Waals surface area (Å²) in [5.41, 5.74) is 6.69. The maximum Gasteiger partial charge on any atom is 0.131 e. The number of nitrogens with zero attached hydrogens (tertiary/aromatic N) is 2. The predicted molar refractivity (Wildman–Crippen MR) is 62.4 cm³/mol. The Morgan fingerprint density at radius 2 is 2.21 bits per heavy atom. The SMILES string of the molecule is Nc1snnc1CSCC1CCCC1. The molecule has 1 saturated carbocycles. The maximum atomic E-state index is 5.71. The van der Waals surface area contributed by atoms with Crippen molar-refractivity contribution < 1.29 is 0 Å². The summed E-state index contributed by atoms with van der Waals surface area (Å²) in [6, 6.07) is 0. The highest BCUT2D eigenvalue weighted by Gasteiger charge is 2.15. The summed E-state index contributed by atoms with van der Waals surface area (Å²) in [7, 11) is 0. The fraction of sp³-hybridized carbons (Fsp3) is 0.778. The number of rotatable bonds is 4. The fourth-order valence-electron chi connectivity index (χ4n) is 1.81. The van der Waals surface area contributed by atoms with Crippen LogP contribution in [0.1, 0.15) is 31.4 Å². The minimum atomic E-state index is 0.781. The maximum absolute atomic E-state index is 5.71. The lowest BCUT2D eigenvalue weighted by atomic mass is 10.1. The normalized spacial score (nSPS) is 17.7. The lowest BCUT2D eigenvalue weighted by Gasteiger charge is -2.06. The van der Waals surface area contributed by atoms with Crippen LogP contribution in [0.15, 0.2) is 0 Å². The molecule has 1 fully saturated rings. The van der Waals surface area contributed by atoms with Gasteiger partial charge in [0.25, 0.3) is 0 Å². The van der Waals surface area contributed by atoms with Gasteiger partial charge < -0.3 is 5.73 Å². The minimum Gasteiger partial charge on any atom is -0.388 e. The highest BCUT2D eigenvalue weighted by molar-refractivity contribution is 7.98. The van der Waals surface area contributed by atoms with Crippen LogP contribution in [0.25, 0.3) is 0 Å². The van der Waals surface area contributed by atoms with Gasteiger partial charge in [-0.3, -0.25) is 0 Å². The van der Waals surface area contributed by atoms with E-state index in [-0.39, 0.29) is 0 Å². The van der Waals surface area contributed by atoms with Gasteiger partial charge in [-0.2, -0.15) is 11.8 Å². The van der Waals surface area contributed by atoms with Gasteiger partial charge >= 0.3 is 0 Å². The molecule has 1 aromatic heterocycles. The van der Waals surface area contributed by atoms with Crippen LogP contribution in [0, 0.1) is 5.92 Å². The molecule has 2 N–H and O–H groups in total. The van der Waals surface area contributed by atoms with Gasteiger partial charge in [-0.05, 0) is 24.5 Å². The second-order valence-electron chi connectivity index (χ2n) is 3.75. The van der Waals surface area contributed by atoms with Gasteiger partial charge in [0.1, 0.15) is 10.7 Å². The quantitative estimate of drug-likeness (QED) is 0.862. The molecule has 14 heavy (non-hydrogen) atoms. The molecule has 3 nitrogen and oxygen atoms in total. The van der Waals surface area contributed by atoms with Crippen molar-refractivity contribution in [1.29, 1.82) is 0 Å². The van der Waals surface area contributed by atoms with Crippen molar-refractivity contribution in [3.05, 3.63) is 5.69 Å². The summed E-state index contributed by atoms with van der Waals surface area (Å²) in [6.07, 6.45) is 5.67. The topological polar surface area (TPSA) is 51.8 Å². The smallest absolute Gasteiger partial charge is 0.131 e. The van der Waals surface area contributed by atoms with Crippen molar-refractivity contribution in [2.75, 3.05) is 11.5 Å². The second-order valence-corrected chi connectivity index (χ2v) is 5.57. The number of nitrogens with two attached hydrogens (primary N) is 1. The van der Waals surface area contributed by atoms with E-state index in [1.165, 1.54) is 43.0 Å². The van der Waals surface area contributed by atoms with E-state index in [0.29, 0.717) is 0 Å². The van der Waals surface area contributed by atoms with Crippen molar-refractivity contribution >= 4 is 28.3 Å². The third-order valence-electron chi connectivity index (χ3n) is 2.65. The van der Waals surface area contributed by atoms with Gasteiger partial charge in [-0.1, -0.05) is 17.3 Å². The number of aromatic nitrogens is 2. The van der Waals surface area contributed by atoms with Crippen LogP contribution in [-0.4, -0.2) is 15.3 Å². The molecular weight excluding hydrogens is 214 g/mol. The van der Waals surface area contributed by atoms with Gasteiger partial charge in [0.05, 0.1) is 0 Å². The monoisotopic (exact) mass is 229 g/mol. The first kappa shape index (κ1) is 10.2. The number of thioether (sulfide) groups is 1. The molecule has 0 amide bonds. The molecule has 0 aromatic carbocycles. The Morgan fingerprint density at radius 3 is 2.86 bits per heavy atom. The van der Waals surface area contributed by atoms with E-state index in [2.05, 4.69) is 9.59 Å². The van der Waals surface area contributed by atoms with Crippen LogP contribution >= 0.6 is 23.3 Å². The lowest BCUT2D eigenvalue weighted by molar-refractivity contribution is 0.623. The summed E-state index contributed by atoms with van der Waals surface area (Å²) in [5, 5.41) is 4.78. The third kappa shape index (κ3) is 2.60. The van der Waals surface area contributed by atoms with Crippen LogP contribution in [0.5, 0.6) is 0 Å². The van der Waals surface area contributed by atoms with Gasteiger partial charge in [0, 0.05) is 17.3 Å². The molecule has 0 aliphatic heterocycles. The molecule has 0 radical (unpaired) electrons. The molecular formula is C9H15N3S2. The Bertz CT molecular complexity index is 281. The molecule has 78 valence electrons. The number of anilines is 1. The number of hydrogen-bond acceptors (Lipinski definition) is 5. The third-order valence-corrected chi connectivity index (χ3v) is 4.43. The molecule has 1 heterocycles. The summed E-state index contributed by atoms with van der Waals surface area (Å²) in [5.74, 6) is 3.13. The predicted octanol–water partition coefficient (Wildman–Crippen LogP) is 2.54. The first-order valence-electron chi connectivity index (χ1n) is 5.00. The van der Waals surface area contributed by atoms with E-state index in [0.717, 1.165) is 22.4 Å². The number of hydrogen-bond donors (Lipinski definition) is 1. The van der Waals surface area contributed by atoms with E-state index in [9.17, 15) is 0 Å². The summed E-state index contributed by atoms with van der Waals surface area (Å²) >= 11 is 3.24. The average molecular weight is 229 g/mol. The minimum absolute atomic E-state index is 0.781. The molecule has 0 saturated heterocycles. The van der Waals surface area contributed by atoms with E-state index >= 15 is 0 Å². The van der Waals surface area contributed by atoms with E-state index in [1.807, 2.05) is 11.8 Å². The largest absolute Gasteiger partial charge is 0.388 e. The highest BCUT2D eigenvalue weighted by atomic mass is 32.2. The molecule has 2 rings (SSSR count). The summed E-state index contributed by atoms with van der Waals surface area (Å²) < 4.78 is 3.83. The van der Waals surface area contributed by atoms with Gasteiger partial charge in [0.2, 0.25) is 0 Å². The first-order chi connectivity index (χ1) is 6.86. The molecule has 0 spiro atoms. The van der Waals surface area contributed by atoms with Crippen LogP contribution in [0.2, 0.25) is 0 Å². The van der Waals surface area contributed by atoms with E-state index in [1.54, 1.807) is 0 Å². The average Bonchev–Trinajstić information content (AvgIpc) is 2.78. The molecule has 0 atom stereocenters. The Labute approximate surface area is 92.6 Å². The lowest BCUT2D eigenvalue weighted by Crippen LogP contribution is -1.98. The van der Waals surface area contributed by atoms with Crippen molar-refractivity contribution in [3.63, 3.8) is 0 Å². The standard InChI is InChI=1S/C9H15N3S2/c10-9-8(11-12-14-9)6-13-5-7-3-1-2-4-7/h7H,1-6,10H2. The molecule has 0 bridgehead atoms. The molecule has 0 unspecified atom stereocenters. The molecule has 5 heteroatoms. The first-order valence-corrected chi connectivity index (χ1v) is 6.93. The van der Waals surface area contributed by atoms with Crippen molar-refractivity contribution in [3.8, 4) is 0 Å². The Hall–Kier alpha value is -0.290. The zero-order valence-electron chi connectivity index (χ0n) is 8.11. The molecule has 1 aromatic rings. The second kappa shape index (κ2) is 4.98. The highest BCUT2D eigenvalue weighted by Crippen LogP contribution is 2.29. The van der Waals surface area contributed by atoms with Crippen LogP contribution in [0.4, 0.5) is 5.00 Å². The molecule has 1 aliphatic carbocycles. The van der Waals surface area contributed by atoms with E-state index < -0.39 is 0 Å². The van der Waals surface area contributed by atoms with Crippen LogP contribution < -0.4 is 5.73 Å².